The summed E-state index contributed by atoms with van der Waals surface area (Å²) in [4.78, 5) is 16.4. The van der Waals surface area contributed by atoms with Crippen LogP contribution in [0.15, 0.2) is 30.3 Å². The highest BCUT2D eigenvalue weighted by atomic mass is 16.5. The predicted molar refractivity (Wildman–Crippen MR) is 88.6 cm³/mol. The van der Waals surface area contributed by atoms with Crippen molar-refractivity contribution in [2.45, 2.75) is 39.4 Å². The standard InChI is InChI=1S/C18H28N2O2/c1-3-19(4-2)14-18(21)20-12-10-17(11-13-20)22-15-16-8-6-5-7-9-16/h5-9,17H,3-4,10-15H2,1-2H3. The summed E-state index contributed by atoms with van der Waals surface area (Å²) in [5.41, 5.74) is 1.21. The monoisotopic (exact) mass is 304 g/mol. The number of benzene rings is 1. The Kier molecular flexibility index (Phi) is 6.87. The fourth-order valence-corrected chi connectivity index (χ4v) is 2.80. The molecule has 122 valence electrons. The van der Waals surface area contributed by atoms with Gasteiger partial charge in [-0.05, 0) is 31.5 Å². The van der Waals surface area contributed by atoms with E-state index in [0.717, 1.165) is 39.0 Å². The first-order valence-corrected chi connectivity index (χ1v) is 8.38. The maximum atomic E-state index is 12.3. The highest BCUT2D eigenvalue weighted by Crippen LogP contribution is 2.16. The van der Waals surface area contributed by atoms with E-state index >= 15 is 0 Å². The van der Waals surface area contributed by atoms with Crippen LogP contribution in [0.1, 0.15) is 32.3 Å². The fraction of sp³-hybridized carbons (Fsp3) is 0.611. The molecule has 0 saturated carbocycles. The lowest BCUT2D eigenvalue weighted by Crippen LogP contribution is -2.45. The number of hydrogen-bond donors (Lipinski definition) is 0. The zero-order valence-corrected chi connectivity index (χ0v) is 13.8. The first-order valence-electron chi connectivity index (χ1n) is 8.38. The van der Waals surface area contributed by atoms with Crippen LogP contribution in [0.2, 0.25) is 0 Å². The Bertz CT molecular complexity index is 438. The Morgan fingerprint density at radius 3 is 2.41 bits per heavy atom. The molecular weight excluding hydrogens is 276 g/mol. The molecule has 1 aromatic rings. The molecule has 1 amide bonds. The van der Waals surface area contributed by atoms with Crippen molar-refractivity contribution in [3.05, 3.63) is 35.9 Å². The summed E-state index contributed by atoms with van der Waals surface area (Å²) < 4.78 is 5.97. The first kappa shape index (κ1) is 17.0. The maximum absolute atomic E-state index is 12.3. The lowest BCUT2D eigenvalue weighted by molar-refractivity contribution is -0.135. The summed E-state index contributed by atoms with van der Waals surface area (Å²) in [5, 5.41) is 0. The van der Waals surface area contributed by atoms with Crippen LogP contribution in [-0.4, -0.2) is 54.5 Å². The van der Waals surface area contributed by atoms with Gasteiger partial charge in [0, 0.05) is 13.1 Å². The number of nitrogens with zero attached hydrogens (tertiary/aromatic N) is 2. The van der Waals surface area contributed by atoms with E-state index in [1.807, 2.05) is 23.1 Å². The second-order valence-electron chi connectivity index (χ2n) is 5.84. The Morgan fingerprint density at radius 1 is 1.18 bits per heavy atom. The Balaban J connectivity index is 1.70. The fourth-order valence-electron chi connectivity index (χ4n) is 2.80. The van der Waals surface area contributed by atoms with E-state index in [2.05, 4.69) is 30.9 Å². The Morgan fingerprint density at radius 2 is 1.82 bits per heavy atom. The summed E-state index contributed by atoms with van der Waals surface area (Å²) in [7, 11) is 0. The summed E-state index contributed by atoms with van der Waals surface area (Å²) >= 11 is 0. The molecule has 1 fully saturated rings. The third kappa shape index (κ3) is 5.11. The van der Waals surface area contributed by atoms with Gasteiger partial charge in [0.05, 0.1) is 19.3 Å². The molecule has 2 rings (SSSR count). The third-order valence-corrected chi connectivity index (χ3v) is 4.38. The Hall–Kier alpha value is -1.39. The van der Waals surface area contributed by atoms with Crippen LogP contribution in [0.25, 0.3) is 0 Å². The van der Waals surface area contributed by atoms with Crippen molar-refractivity contribution in [3.63, 3.8) is 0 Å². The second-order valence-corrected chi connectivity index (χ2v) is 5.84. The van der Waals surface area contributed by atoms with E-state index in [4.69, 9.17) is 4.74 Å². The number of hydrogen-bond acceptors (Lipinski definition) is 3. The van der Waals surface area contributed by atoms with Crippen molar-refractivity contribution < 1.29 is 9.53 Å². The maximum Gasteiger partial charge on any atom is 0.236 e. The summed E-state index contributed by atoms with van der Waals surface area (Å²) in [5.74, 6) is 0.255. The number of likely N-dealkylation sites (tertiary alicyclic amines) is 1. The van der Waals surface area contributed by atoms with Crippen molar-refractivity contribution in [3.8, 4) is 0 Å². The number of piperidine rings is 1. The summed E-state index contributed by atoms with van der Waals surface area (Å²) in [6.45, 7) is 8.90. The Labute approximate surface area is 134 Å². The topological polar surface area (TPSA) is 32.8 Å². The second kappa shape index (κ2) is 8.91. The van der Waals surface area contributed by atoms with Gasteiger partial charge in [0.2, 0.25) is 5.91 Å². The minimum Gasteiger partial charge on any atom is -0.373 e. The molecular formula is C18H28N2O2. The van der Waals surface area contributed by atoms with E-state index in [1.54, 1.807) is 0 Å². The summed E-state index contributed by atoms with van der Waals surface area (Å²) in [6.07, 6.45) is 2.16. The molecule has 0 bridgehead atoms. The molecule has 1 aromatic carbocycles. The van der Waals surface area contributed by atoms with Crippen LogP contribution in [0.5, 0.6) is 0 Å². The van der Waals surface area contributed by atoms with Crippen molar-refractivity contribution in [1.82, 2.24) is 9.80 Å². The zero-order chi connectivity index (χ0) is 15.8. The predicted octanol–water partition coefficient (Wildman–Crippen LogP) is 2.54. The van der Waals surface area contributed by atoms with Crippen LogP contribution in [0.3, 0.4) is 0 Å². The highest BCUT2D eigenvalue weighted by Gasteiger charge is 2.23. The average Bonchev–Trinajstić information content (AvgIpc) is 2.59. The van der Waals surface area contributed by atoms with Gasteiger partial charge in [0.25, 0.3) is 0 Å². The normalized spacial score (nSPS) is 16.2. The van der Waals surface area contributed by atoms with Crippen molar-refractivity contribution in [2.75, 3.05) is 32.7 Å². The van der Waals surface area contributed by atoms with Gasteiger partial charge < -0.3 is 9.64 Å². The minimum absolute atomic E-state index is 0.255. The summed E-state index contributed by atoms with van der Waals surface area (Å²) in [6, 6.07) is 10.3. The van der Waals surface area contributed by atoms with E-state index in [1.165, 1.54) is 5.56 Å². The van der Waals surface area contributed by atoms with Gasteiger partial charge in [-0.1, -0.05) is 44.2 Å². The van der Waals surface area contributed by atoms with E-state index in [9.17, 15) is 4.79 Å². The zero-order valence-electron chi connectivity index (χ0n) is 13.8. The first-order chi connectivity index (χ1) is 10.7. The molecule has 1 heterocycles. The lowest BCUT2D eigenvalue weighted by atomic mass is 10.1. The molecule has 0 unspecified atom stereocenters. The number of ether oxygens (including phenoxy) is 1. The van der Waals surface area contributed by atoms with Gasteiger partial charge >= 0.3 is 0 Å². The van der Waals surface area contributed by atoms with Crippen molar-refractivity contribution in [2.24, 2.45) is 0 Å². The number of rotatable bonds is 7. The third-order valence-electron chi connectivity index (χ3n) is 4.38. The van der Waals surface area contributed by atoms with Gasteiger partial charge in [-0.2, -0.15) is 0 Å². The smallest absolute Gasteiger partial charge is 0.236 e. The molecule has 1 aliphatic rings. The molecule has 0 atom stereocenters. The number of carbonyl (C=O) groups excluding carboxylic acids is 1. The average molecular weight is 304 g/mol. The number of amides is 1. The molecule has 22 heavy (non-hydrogen) atoms. The quantitative estimate of drug-likeness (QED) is 0.776. The lowest BCUT2D eigenvalue weighted by Gasteiger charge is -2.33. The van der Waals surface area contributed by atoms with E-state index in [0.29, 0.717) is 13.2 Å². The molecule has 1 saturated heterocycles. The molecule has 0 spiro atoms. The van der Waals surface area contributed by atoms with Crippen molar-refractivity contribution >= 4 is 5.91 Å². The molecule has 1 aliphatic heterocycles. The molecule has 4 nitrogen and oxygen atoms in total. The van der Waals surface area contributed by atoms with Crippen LogP contribution >= 0.6 is 0 Å². The van der Waals surface area contributed by atoms with Crippen LogP contribution in [0.4, 0.5) is 0 Å². The minimum atomic E-state index is 0.255. The van der Waals surface area contributed by atoms with Gasteiger partial charge in [-0.25, -0.2) is 0 Å². The highest BCUT2D eigenvalue weighted by molar-refractivity contribution is 5.78. The molecule has 0 aromatic heterocycles. The molecule has 0 radical (unpaired) electrons. The molecule has 0 aliphatic carbocycles. The van der Waals surface area contributed by atoms with Crippen LogP contribution in [-0.2, 0) is 16.1 Å². The molecule has 4 heteroatoms. The van der Waals surface area contributed by atoms with E-state index in [-0.39, 0.29) is 12.0 Å². The van der Waals surface area contributed by atoms with Gasteiger partial charge in [-0.3, -0.25) is 9.69 Å². The van der Waals surface area contributed by atoms with E-state index < -0.39 is 0 Å². The van der Waals surface area contributed by atoms with Crippen molar-refractivity contribution in [1.29, 1.82) is 0 Å². The van der Waals surface area contributed by atoms with Crippen LogP contribution in [0, 0.1) is 0 Å². The largest absolute Gasteiger partial charge is 0.373 e. The number of likely N-dealkylation sites (N-methyl/N-ethyl adjacent to an activating group) is 1. The van der Waals surface area contributed by atoms with Gasteiger partial charge in [0.1, 0.15) is 0 Å². The number of carbonyl (C=O) groups is 1. The van der Waals surface area contributed by atoms with Gasteiger partial charge in [-0.15, -0.1) is 0 Å². The van der Waals surface area contributed by atoms with Crippen LogP contribution < -0.4 is 0 Å². The van der Waals surface area contributed by atoms with Gasteiger partial charge in [0.15, 0.2) is 0 Å². The SMILES string of the molecule is CCN(CC)CC(=O)N1CCC(OCc2ccccc2)CC1. The molecule has 0 N–H and O–H groups in total.